The first kappa shape index (κ1) is 12.6. The molecule has 1 saturated heterocycles. The van der Waals surface area contributed by atoms with Gasteiger partial charge in [-0.1, -0.05) is 24.3 Å². The first-order valence-corrected chi connectivity index (χ1v) is 7.90. The Kier molecular flexibility index (Phi) is 2.20. The summed E-state index contributed by atoms with van der Waals surface area (Å²) in [5.74, 6) is -0.132. The lowest BCUT2D eigenvalue weighted by Gasteiger charge is -2.21. The van der Waals surface area contributed by atoms with Crippen LogP contribution in [0.15, 0.2) is 36.4 Å². The summed E-state index contributed by atoms with van der Waals surface area (Å²) in [5.41, 5.74) is 1.03. The standard InChI is InChI=1S/C18H16FNO2/c19-11-3-1-10(2-4-11)9-20-16(21)14-12-5-6-13(15(14)17(20)22)18(12)7-8-18/h1-6,12-15H,7-9H2/t12-,13-,14-,15+/m0/s1. The highest BCUT2D eigenvalue weighted by Crippen LogP contribution is 2.73. The van der Waals surface area contributed by atoms with Crippen LogP contribution in [0.4, 0.5) is 4.39 Å². The van der Waals surface area contributed by atoms with E-state index < -0.39 is 0 Å². The van der Waals surface area contributed by atoms with Crippen molar-refractivity contribution < 1.29 is 14.0 Å². The van der Waals surface area contributed by atoms with Crippen LogP contribution in [-0.4, -0.2) is 16.7 Å². The largest absolute Gasteiger partial charge is 0.278 e. The van der Waals surface area contributed by atoms with Crippen LogP contribution in [-0.2, 0) is 16.1 Å². The molecule has 112 valence electrons. The Balaban J connectivity index is 1.45. The molecule has 3 nitrogen and oxygen atoms in total. The molecule has 1 aliphatic heterocycles. The third-order valence-electron chi connectivity index (χ3n) is 6.20. The summed E-state index contributed by atoms with van der Waals surface area (Å²) >= 11 is 0. The highest BCUT2D eigenvalue weighted by Gasteiger charge is 2.73. The van der Waals surface area contributed by atoms with Crippen molar-refractivity contribution in [1.29, 1.82) is 0 Å². The molecule has 0 aromatic heterocycles. The van der Waals surface area contributed by atoms with Crippen LogP contribution in [0, 0.1) is 34.9 Å². The van der Waals surface area contributed by atoms with Gasteiger partial charge in [0.25, 0.3) is 0 Å². The Hall–Kier alpha value is -1.97. The van der Waals surface area contributed by atoms with Gasteiger partial charge in [-0.05, 0) is 47.8 Å². The lowest BCUT2D eigenvalue weighted by molar-refractivity contribution is -0.141. The summed E-state index contributed by atoms with van der Waals surface area (Å²) in [7, 11) is 0. The predicted octanol–water partition coefficient (Wildman–Crippen LogP) is 2.52. The Labute approximate surface area is 127 Å². The number of allylic oxidation sites excluding steroid dienone is 2. The van der Waals surface area contributed by atoms with E-state index in [1.165, 1.54) is 17.0 Å². The first-order valence-electron chi connectivity index (χ1n) is 7.90. The van der Waals surface area contributed by atoms with Gasteiger partial charge >= 0.3 is 0 Å². The number of likely N-dealkylation sites (tertiary alicyclic amines) is 1. The van der Waals surface area contributed by atoms with E-state index in [-0.39, 0.29) is 53.3 Å². The van der Waals surface area contributed by atoms with E-state index in [9.17, 15) is 14.0 Å². The van der Waals surface area contributed by atoms with Crippen LogP contribution in [0.2, 0.25) is 0 Å². The molecule has 22 heavy (non-hydrogen) atoms. The zero-order valence-corrected chi connectivity index (χ0v) is 12.0. The average Bonchev–Trinajstić information content (AvgIpc) is 3.12. The van der Waals surface area contributed by atoms with Gasteiger partial charge in [-0.3, -0.25) is 14.5 Å². The normalized spacial score (nSPS) is 36.5. The average molecular weight is 297 g/mol. The van der Waals surface area contributed by atoms with E-state index in [1.807, 2.05) is 0 Å². The molecule has 1 aromatic rings. The van der Waals surface area contributed by atoms with E-state index in [2.05, 4.69) is 12.2 Å². The zero-order chi connectivity index (χ0) is 15.1. The van der Waals surface area contributed by atoms with Crippen molar-refractivity contribution in [3.8, 4) is 0 Å². The van der Waals surface area contributed by atoms with E-state index in [4.69, 9.17) is 0 Å². The predicted molar refractivity (Wildman–Crippen MR) is 76.7 cm³/mol. The quantitative estimate of drug-likeness (QED) is 0.621. The Morgan fingerprint density at radius 1 is 1.00 bits per heavy atom. The monoisotopic (exact) mass is 297 g/mol. The fourth-order valence-corrected chi connectivity index (χ4v) is 5.07. The second-order valence-corrected chi connectivity index (χ2v) is 7.11. The van der Waals surface area contributed by atoms with Crippen molar-refractivity contribution in [3.05, 3.63) is 47.8 Å². The van der Waals surface area contributed by atoms with Crippen LogP contribution < -0.4 is 0 Å². The lowest BCUT2D eigenvalue weighted by atomic mass is 9.85. The molecule has 2 amide bonds. The Morgan fingerprint density at radius 3 is 2.05 bits per heavy atom. The van der Waals surface area contributed by atoms with Crippen LogP contribution in [0.1, 0.15) is 18.4 Å². The van der Waals surface area contributed by atoms with Crippen molar-refractivity contribution in [2.45, 2.75) is 19.4 Å². The van der Waals surface area contributed by atoms with Gasteiger partial charge in [0.2, 0.25) is 11.8 Å². The van der Waals surface area contributed by atoms with Crippen molar-refractivity contribution >= 4 is 11.8 Å². The molecule has 4 aliphatic rings. The van der Waals surface area contributed by atoms with Gasteiger partial charge < -0.3 is 0 Å². The van der Waals surface area contributed by atoms with Gasteiger partial charge in [0.05, 0.1) is 18.4 Å². The number of benzene rings is 1. The van der Waals surface area contributed by atoms with E-state index in [0.717, 1.165) is 18.4 Å². The second kappa shape index (κ2) is 3.86. The Morgan fingerprint density at radius 2 is 1.55 bits per heavy atom. The first-order chi connectivity index (χ1) is 10.6. The molecule has 5 rings (SSSR count). The van der Waals surface area contributed by atoms with Gasteiger partial charge in [-0.15, -0.1) is 0 Å². The Bertz CT molecular complexity index is 685. The van der Waals surface area contributed by atoms with Crippen molar-refractivity contribution in [2.24, 2.45) is 29.1 Å². The molecule has 4 heteroatoms. The maximum Gasteiger partial charge on any atom is 0.234 e. The molecular formula is C18H16FNO2. The molecule has 1 heterocycles. The number of hydrogen-bond acceptors (Lipinski definition) is 2. The molecular weight excluding hydrogens is 281 g/mol. The number of nitrogens with zero attached hydrogens (tertiary/aromatic N) is 1. The molecule has 3 fully saturated rings. The number of rotatable bonds is 2. The smallest absolute Gasteiger partial charge is 0.234 e. The number of halogens is 1. The molecule has 1 spiro atoms. The minimum atomic E-state index is -0.308. The van der Waals surface area contributed by atoms with Crippen molar-refractivity contribution in [1.82, 2.24) is 4.90 Å². The summed E-state index contributed by atoms with van der Waals surface area (Å²) in [6.45, 7) is 0.261. The highest BCUT2D eigenvalue weighted by atomic mass is 19.1. The minimum Gasteiger partial charge on any atom is -0.278 e. The minimum absolute atomic E-state index is 0.0255. The highest BCUT2D eigenvalue weighted by molar-refractivity contribution is 6.06. The number of amides is 2. The number of carbonyl (C=O) groups excluding carboxylic acids is 2. The summed E-state index contributed by atoms with van der Waals surface area (Å²) in [6.07, 6.45) is 6.65. The van der Waals surface area contributed by atoms with Crippen LogP contribution in [0.5, 0.6) is 0 Å². The van der Waals surface area contributed by atoms with Crippen LogP contribution in [0.25, 0.3) is 0 Å². The van der Waals surface area contributed by atoms with Crippen molar-refractivity contribution in [3.63, 3.8) is 0 Å². The number of hydrogen-bond donors (Lipinski definition) is 0. The lowest BCUT2D eigenvalue weighted by Crippen LogP contribution is -2.34. The molecule has 1 aromatic carbocycles. The third kappa shape index (κ3) is 1.36. The fraction of sp³-hybridized carbons (Fsp3) is 0.444. The molecule has 0 unspecified atom stereocenters. The van der Waals surface area contributed by atoms with E-state index in [0.29, 0.717) is 0 Å². The van der Waals surface area contributed by atoms with Gasteiger partial charge in [-0.25, -0.2) is 4.39 Å². The molecule has 2 bridgehead atoms. The summed E-state index contributed by atoms with van der Waals surface area (Å²) < 4.78 is 13.0. The number of carbonyl (C=O) groups is 2. The van der Waals surface area contributed by atoms with Gasteiger partial charge in [0.15, 0.2) is 0 Å². The topological polar surface area (TPSA) is 37.4 Å². The zero-order valence-electron chi connectivity index (χ0n) is 12.0. The summed E-state index contributed by atoms with van der Waals surface area (Å²) in [4.78, 5) is 26.9. The van der Waals surface area contributed by atoms with E-state index in [1.54, 1.807) is 12.1 Å². The second-order valence-electron chi connectivity index (χ2n) is 7.11. The van der Waals surface area contributed by atoms with Crippen LogP contribution in [0.3, 0.4) is 0 Å². The van der Waals surface area contributed by atoms with Gasteiger partial charge in [-0.2, -0.15) is 0 Å². The van der Waals surface area contributed by atoms with Gasteiger partial charge in [0.1, 0.15) is 5.82 Å². The summed E-state index contributed by atoms with van der Waals surface area (Å²) in [6, 6.07) is 6.01. The number of imide groups is 1. The summed E-state index contributed by atoms with van der Waals surface area (Å²) in [5, 5.41) is 0. The molecule has 0 N–H and O–H groups in total. The number of fused-ring (bicyclic) bond motifs is 3. The molecule has 0 radical (unpaired) electrons. The maximum atomic E-state index is 13.0. The molecule has 3 aliphatic carbocycles. The molecule has 2 saturated carbocycles. The maximum absolute atomic E-state index is 13.0. The fourth-order valence-electron chi connectivity index (χ4n) is 5.07. The van der Waals surface area contributed by atoms with Crippen LogP contribution >= 0.6 is 0 Å². The third-order valence-corrected chi connectivity index (χ3v) is 6.20. The van der Waals surface area contributed by atoms with E-state index >= 15 is 0 Å². The molecule has 4 atom stereocenters. The SMILES string of the molecule is O=C1[C@@H]2[C@H](C(=O)N1Cc1ccc(F)cc1)[C@@H]1C=C[C@@H]2C12CC2. The van der Waals surface area contributed by atoms with Crippen molar-refractivity contribution in [2.75, 3.05) is 0 Å². The van der Waals surface area contributed by atoms with Gasteiger partial charge in [0, 0.05) is 0 Å².